The van der Waals surface area contributed by atoms with E-state index in [4.69, 9.17) is 0 Å². The second-order valence-corrected chi connectivity index (χ2v) is 6.68. The quantitative estimate of drug-likeness (QED) is 0.774. The molecule has 0 amide bonds. The second kappa shape index (κ2) is 8.41. The smallest absolute Gasteiger partial charge is 0.103 e. The van der Waals surface area contributed by atoms with Crippen LogP contribution >= 0.6 is 15.9 Å². The first kappa shape index (κ1) is 16.3. The molecule has 1 aliphatic carbocycles. The van der Waals surface area contributed by atoms with E-state index in [0.29, 0.717) is 5.56 Å². The van der Waals surface area contributed by atoms with Gasteiger partial charge in [-0.05, 0) is 60.9 Å². The summed E-state index contributed by atoms with van der Waals surface area (Å²) in [4.78, 5) is 2.51. The van der Waals surface area contributed by atoms with Crippen molar-refractivity contribution in [1.82, 2.24) is 4.90 Å². The molecular weight excluding hydrogens is 326 g/mol. The van der Waals surface area contributed by atoms with Crippen molar-refractivity contribution >= 4 is 21.6 Å². The Hall–Kier alpha value is -1.05. The highest BCUT2D eigenvalue weighted by molar-refractivity contribution is 9.10. The molecule has 1 aromatic rings. The van der Waals surface area contributed by atoms with Crippen molar-refractivity contribution in [3.8, 4) is 6.07 Å². The summed E-state index contributed by atoms with van der Waals surface area (Å²) in [5.74, 6) is 0. The van der Waals surface area contributed by atoms with Gasteiger partial charge < -0.3 is 10.2 Å². The van der Waals surface area contributed by atoms with Crippen LogP contribution in [-0.2, 0) is 0 Å². The monoisotopic (exact) mass is 349 g/mol. The Bertz CT molecular complexity index is 489. The molecule has 114 valence electrons. The summed E-state index contributed by atoms with van der Waals surface area (Å²) < 4.78 is 0.856. The van der Waals surface area contributed by atoms with Crippen LogP contribution in [0, 0.1) is 11.3 Å². The Morgan fingerprint density at radius 3 is 2.81 bits per heavy atom. The number of nitriles is 1. The Morgan fingerprint density at radius 2 is 2.10 bits per heavy atom. The first-order valence-electron chi connectivity index (χ1n) is 7.85. The van der Waals surface area contributed by atoms with Crippen LogP contribution in [0.4, 0.5) is 5.69 Å². The molecule has 1 N–H and O–H groups in total. The van der Waals surface area contributed by atoms with Crippen LogP contribution in [0.3, 0.4) is 0 Å². The topological polar surface area (TPSA) is 39.1 Å². The highest BCUT2D eigenvalue weighted by atomic mass is 79.9. The van der Waals surface area contributed by atoms with E-state index in [9.17, 15) is 5.26 Å². The summed E-state index contributed by atoms with van der Waals surface area (Å²) in [6.07, 6.45) is 7.99. The van der Waals surface area contributed by atoms with Crippen molar-refractivity contribution in [1.29, 1.82) is 5.26 Å². The van der Waals surface area contributed by atoms with Gasteiger partial charge in [0.1, 0.15) is 6.07 Å². The van der Waals surface area contributed by atoms with Gasteiger partial charge in [-0.2, -0.15) is 5.26 Å². The van der Waals surface area contributed by atoms with Crippen molar-refractivity contribution in [3.05, 3.63) is 28.2 Å². The predicted octanol–water partition coefficient (Wildman–Crippen LogP) is 4.39. The van der Waals surface area contributed by atoms with E-state index in [1.165, 1.54) is 32.1 Å². The van der Waals surface area contributed by atoms with Gasteiger partial charge in [0.05, 0.1) is 11.3 Å². The number of hydrogen-bond donors (Lipinski definition) is 1. The molecule has 0 spiro atoms. The van der Waals surface area contributed by atoms with Crippen LogP contribution in [-0.4, -0.2) is 31.1 Å². The molecule has 2 rings (SSSR count). The average molecular weight is 350 g/mol. The number of halogens is 1. The minimum atomic E-state index is 0.693. The average Bonchev–Trinajstić information content (AvgIpc) is 2.52. The third-order valence-electron chi connectivity index (χ3n) is 4.33. The van der Waals surface area contributed by atoms with Gasteiger partial charge in [0, 0.05) is 17.1 Å². The molecule has 1 saturated carbocycles. The number of nitrogens with one attached hydrogen (secondary N) is 1. The minimum Gasteiger partial charge on any atom is -0.384 e. The molecule has 0 unspecified atom stereocenters. The summed E-state index contributed by atoms with van der Waals surface area (Å²) in [7, 11) is 2.25. The van der Waals surface area contributed by atoms with Gasteiger partial charge in [-0.3, -0.25) is 0 Å². The molecule has 21 heavy (non-hydrogen) atoms. The van der Waals surface area contributed by atoms with Gasteiger partial charge in [-0.15, -0.1) is 0 Å². The molecule has 1 aromatic carbocycles. The molecule has 3 nitrogen and oxygen atoms in total. The van der Waals surface area contributed by atoms with Gasteiger partial charge in [-0.25, -0.2) is 0 Å². The predicted molar refractivity (Wildman–Crippen MR) is 91.5 cm³/mol. The van der Waals surface area contributed by atoms with E-state index in [2.05, 4.69) is 39.3 Å². The zero-order valence-electron chi connectivity index (χ0n) is 12.7. The maximum Gasteiger partial charge on any atom is 0.103 e. The van der Waals surface area contributed by atoms with E-state index in [0.717, 1.165) is 35.7 Å². The molecule has 1 fully saturated rings. The van der Waals surface area contributed by atoms with Crippen LogP contribution in [0.5, 0.6) is 0 Å². The van der Waals surface area contributed by atoms with Crippen molar-refractivity contribution in [2.24, 2.45) is 0 Å². The normalized spacial score (nSPS) is 15.9. The summed E-state index contributed by atoms with van der Waals surface area (Å²) in [5.41, 5.74) is 1.62. The largest absolute Gasteiger partial charge is 0.384 e. The van der Waals surface area contributed by atoms with Crippen molar-refractivity contribution < 1.29 is 0 Å². The lowest BCUT2D eigenvalue weighted by Gasteiger charge is -2.31. The van der Waals surface area contributed by atoms with E-state index in [1.807, 2.05) is 18.2 Å². The molecule has 0 atom stereocenters. The first-order valence-corrected chi connectivity index (χ1v) is 8.64. The summed E-state index contributed by atoms with van der Waals surface area (Å²) in [6.45, 7) is 2.02. The minimum absolute atomic E-state index is 0.693. The van der Waals surface area contributed by atoms with Crippen LogP contribution in [0.2, 0.25) is 0 Å². The van der Waals surface area contributed by atoms with Gasteiger partial charge in [-0.1, -0.05) is 25.3 Å². The number of benzene rings is 1. The molecule has 4 heteroatoms. The molecular formula is C17H24BrN3. The maximum absolute atomic E-state index is 9.19. The van der Waals surface area contributed by atoms with Crippen molar-refractivity contribution in [2.75, 3.05) is 25.5 Å². The highest BCUT2D eigenvalue weighted by Crippen LogP contribution is 2.24. The molecule has 1 aliphatic rings. The number of hydrogen-bond acceptors (Lipinski definition) is 3. The fraction of sp³-hybridized carbons (Fsp3) is 0.588. The highest BCUT2D eigenvalue weighted by Gasteiger charge is 2.17. The maximum atomic E-state index is 9.19. The fourth-order valence-corrected chi connectivity index (χ4v) is 3.50. The molecule has 0 aromatic heterocycles. The van der Waals surface area contributed by atoms with Gasteiger partial charge in [0.15, 0.2) is 0 Å². The Balaban J connectivity index is 1.75. The number of nitrogens with zero attached hydrogens (tertiary/aromatic N) is 2. The third-order valence-corrected chi connectivity index (χ3v) is 4.99. The molecule has 0 saturated heterocycles. The lowest BCUT2D eigenvalue weighted by atomic mass is 9.94. The lowest BCUT2D eigenvalue weighted by Crippen LogP contribution is -2.34. The van der Waals surface area contributed by atoms with Crippen LogP contribution in [0.15, 0.2) is 22.7 Å². The summed E-state index contributed by atoms with van der Waals surface area (Å²) in [6, 6.07) is 8.85. The van der Waals surface area contributed by atoms with Crippen molar-refractivity contribution in [2.45, 2.75) is 44.6 Å². The lowest BCUT2D eigenvalue weighted by molar-refractivity contribution is 0.191. The second-order valence-electron chi connectivity index (χ2n) is 5.83. The first-order chi connectivity index (χ1) is 10.2. The van der Waals surface area contributed by atoms with Gasteiger partial charge in [0.25, 0.3) is 0 Å². The standard InChI is InChI=1S/C17H24BrN3/c1-21(14-7-3-2-4-8-14)12-6-11-20-17-10-5-9-16(18)15(17)13-19/h5,9-10,14,20H,2-4,6-8,11-12H2,1H3. The SMILES string of the molecule is CN(CCCNc1cccc(Br)c1C#N)C1CCCCC1. The molecule has 0 aliphatic heterocycles. The van der Waals surface area contributed by atoms with Crippen LogP contribution in [0.25, 0.3) is 0 Å². The van der Waals surface area contributed by atoms with Crippen LogP contribution < -0.4 is 5.32 Å². The zero-order valence-corrected chi connectivity index (χ0v) is 14.3. The fourth-order valence-electron chi connectivity index (χ4n) is 3.04. The number of rotatable bonds is 6. The van der Waals surface area contributed by atoms with Crippen molar-refractivity contribution in [3.63, 3.8) is 0 Å². The Morgan fingerprint density at radius 1 is 1.33 bits per heavy atom. The van der Waals surface area contributed by atoms with Gasteiger partial charge >= 0.3 is 0 Å². The Kier molecular flexibility index (Phi) is 6.53. The third kappa shape index (κ3) is 4.72. The molecule has 0 bridgehead atoms. The number of anilines is 1. The summed E-state index contributed by atoms with van der Waals surface area (Å²) >= 11 is 3.42. The molecule has 0 radical (unpaired) electrons. The van der Waals surface area contributed by atoms with Crippen LogP contribution in [0.1, 0.15) is 44.1 Å². The van der Waals surface area contributed by atoms with E-state index < -0.39 is 0 Å². The van der Waals surface area contributed by atoms with E-state index in [1.54, 1.807) is 0 Å². The molecule has 0 heterocycles. The van der Waals surface area contributed by atoms with E-state index in [-0.39, 0.29) is 0 Å². The Labute approximate surface area is 136 Å². The summed E-state index contributed by atoms with van der Waals surface area (Å²) in [5, 5.41) is 12.6. The van der Waals surface area contributed by atoms with E-state index >= 15 is 0 Å². The van der Waals surface area contributed by atoms with Gasteiger partial charge in [0.2, 0.25) is 0 Å². The zero-order chi connectivity index (χ0) is 15.1.